The van der Waals surface area contributed by atoms with Crippen LogP contribution < -0.4 is 5.32 Å². The lowest BCUT2D eigenvalue weighted by Crippen LogP contribution is -2.01. The van der Waals surface area contributed by atoms with Gasteiger partial charge in [0.15, 0.2) is 0 Å². The highest BCUT2D eigenvalue weighted by Gasteiger charge is 2.24. The average Bonchev–Trinajstić information content (AvgIpc) is 2.75. The van der Waals surface area contributed by atoms with E-state index in [2.05, 4.69) is 11.4 Å². The number of nitrogens with one attached hydrogen (secondary N) is 1. The van der Waals surface area contributed by atoms with Crippen LogP contribution in [0.25, 0.3) is 0 Å². The number of aromatic hydroxyl groups is 1. The van der Waals surface area contributed by atoms with Crippen molar-refractivity contribution >= 4 is 29.1 Å². The molecular weight excluding hydrogens is 254 g/mol. The van der Waals surface area contributed by atoms with Crippen LogP contribution in [0.5, 0.6) is 5.75 Å². The van der Waals surface area contributed by atoms with Crippen LogP contribution in [-0.2, 0) is 0 Å². The zero-order valence-electron chi connectivity index (χ0n) is 8.85. The van der Waals surface area contributed by atoms with E-state index in [1.54, 1.807) is 30.0 Å². The van der Waals surface area contributed by atoms with Crippen molar-refractivity contribution in [1.82, 2.24) is 0 Å². The molecule has 1 heterocycles. The Morgan fingerprint density at radius 3 is 2.82 bits per heavy atom. The number of hydrogen-bond acceptors (Lipinski definition) is 3. The molecule has 1 aliphatic heterocycles. The maximum atomic E-state index is 9.86. The molecule has 0 amide bonds. The van der Waals surface area contributed by atoms with Gasteiger partial charge in [-0.2, -0.15) is 0 Å². The first-order valence-corrected chi connectivity index (χ1v) is 6.50. The second-order valence-corrected chi connectivity index (χ2v) is 5.42. The summed E-state index contributed by atoms with van der Waals surface area (Å²) in [5, 5.41) is 13.9. The first-order chi connectivity index (χ1) is 8.24. The lowest BCUT2D eigenvalue weighted by Gasteiger charge is -2.12. The number of rotatable bonds is 1. The number of benzene rings is 2. The third-order valence-corrected chi connectivity index (χ3v) is 4.14. The summed E-state index contributed by atoms with van der Waals surface area (Å²) in [6.07, 6.45) is 0. The van der Waals surface area contributed by atoms with Crippen LogP contribution >= 0.6 is 23.4 Å². The molecule has 2 N–H and O–H groups in total. The maximum Gasteiger partial charge on any atom is 0.121 e. The minimum atomic E-state index is 0.0195. The minimum Gasteiger partial charge on any atom is -0.508 e. The number of thioether (sulfide) groups is 1. The van der Waals surface area contributed by atoms with Crippen molar-refractivity contribution in [3.05, 3.63) is 53.1 Å². The van der Waals surface area contributed by atoms with Crippen LogP contribution in [0, 0.1) is 0 Å². The molecular formula is C13H10ClNOS. The van der Waals surface area contributed by atoms with Gasteiger partial charge in [-0.25, -0.2) is 0 Å². The van der Waals surface area contributed by atoms with Crippen LogP contribution in [-0.4, -0.2) is 5.11 Å². The summed E-state index contributed by atoms with van der Waals surface area (Å²) >= 11 is 7.64. The molecule has 3 rings (SSSR count). The summed E-state index contributed by atoms with van der Waals surface area (Å²) in [6.45, 7) is 0. The zero-order chi connectivity index (χ0) is 11.8. The van der Waals surface area contributed by atoms with Gasteiger partial charge < -0.3 is 10.4 Å². The van der Waals surface area contributed by atoms with Crippen LogP contribution in [0.3, 0.4) is 0 Å². The van der Waals surface area contributed by atoms with Gasteiger partial charge >= 0.3 is 0 Å². The Kier molecular flexibility index (Phi) is 2.65. The molecule has 0 radical (unpaired) electrons. The first-order valence-electron chi connectivity index (χ1n) is 5.25. The van der Waals surface area contributed by atoms with E-state index >= 15 is 0 Å². The summed E-state index contributed by atoms with van der Waals surface area (Å²) in [4.78, 5) is 1.19. The van der Waals surface area contributed by atoms with Crippen LogP contribution in [0.4, 0.5) is 5.69 Å². The van der Waals surface area contributed by atoms with Crippen molar-refractivity contribution in [2.75, 3.05) is 5.32 Å². The Balaban J connectivity index is 1.96. The van der Waals surface area contributed by atoms with Crippen molar-refractivity contribution in [1.29, 1.82) is 0 Å². The predicted octanol–water partition coefficient (Wildman–Crippen LogP) is 4.26. The molecule has 86 valence electrons. The molecule has 1 atom stereocenters. The highest BCUT2D eigenvalue weighted by molar-refractivity contribution is 8.00. The van der Waals surface area contributed by atoms with Crippen LogP contribution in [0.1, 0.15) is 10.9 Å². The van der Waals surface area contributed by atoms with Gasteiger partial charge in [-0.1, -0.05) is 35.5 Å². The molecule has 2 nitrogen and oxygen atoms in total. The topological polar surface area (TPSA) is 32.3 Å². The Labute approximate surface area is 109 Å². The summed E-state index contributed by atoms with van der Waals surface area (Å²) in [6, 6.07) is 13.2. The van der Waals surface area contributed by atoms with Gasteiger partial charge in [0.1, 0.15) is 11.1 Å². The smallest absolute Gasteiger partial charge is 0.121 e. The molecule has 4 heteroatoms. The molecule has 0 saturated carbocycles. The number of anilines is 1. The van der Waals surface area contributed by atoms with Crippen molar-refractivity contribution < 1.29 is 5.11 Å². The van der Waals surface area contributed by atoms with Crippen molar-refractivity contribution in [3.63, 3.8) is 0 Å². The molecule has 17 heavy (non-hydrogen) atoms. The Bertz CT molecular complexity index is 548. The lowest BCUT2D eigenvalue weighted by atomic mass is 10.2. The van der Waals surface area contributed by atoms with E-state index in [9.17, 15) is 5.11 Å². The van der Waals surface area contributed by atoms with Gasteiger partial charge in [0.05, 0.1) is 0 Å². The number of fused-ring (bicyclic) bond motifs is 1. The third kappa shape index (κ3) is 1.96. The van der Waals surface area contributed by atoms with E-state index in [-0.39, 0.29) is 11.1 Å². The number of para-hydroxylation sites is 1. The number of hydrogen-bond donors (Lipinski definition) is 2. The lowest BCUT2D eigenvalue weighted by molar-refractivity contribution is 0.469. The molecule has 2 aromatic rings. The summed E-state index contributed by atoms with van der Waals surface area (Å²) in [5.41, 5.74) is 1.92. The molecule has 1 aliphatic rings. The number of halogens is 1. The normalized spacial score (nSPS) is 17.6. The molecule has 1 unspecified atom stereocenters. The average molecular weight is 264 g/mol. The molecule has 0 fully saturated rings. The first kappa shape index (κ1) is 10.8. The molecule has 0 bridgehead atoms. The van der Waals surface area contributed by atoms with E-state index in [0.29, 0.717) is 5.02 Å². The summed E-state index contributed by atoms with van der Waals surface area (Å²) < 4.78 is 0. The maximum absolute atomic E-state index is 9.86. The molecule has 0 spiro atoms. The van der Waals surface area contributed by atoms with Gasteiger partial charge in [0.2, 0.25) is 0 Å². The van der Waals surface area contributed by atoms with E-state index in [0.717, 1.165) is 11.3 Å². The largest absolute Gasteiger partial charge is 0.508 e. The molecule has 2 aromatic carbocycles. The fourth-order valence-electron chi connectivity index (χ4n) is 1.86. The van der Waals surface area contributed by atoms with Crippen molar-refractivity contribution in [2.24, 2.45) is 0 Å². The Hall–Kier alpha value is -1.32. The predicted molar refractivity (Wildman–Crippen MR) is 71.8 cm³/mol. The minimum absolute atomic E-state index is 0.0195. The van der Waals surface area contributed by atoms with Gasteiger partial charge in [-0.15, -0.1) is 0 Å². The van der Waals surface area contributed by atoms with Crippen LogP contribution in [0.2, 0.25) is 5.02 Å². The fraction of sp³-hybridized carbons (Fsp3) is 0.0769. The summed E-state index contributed by atoms with van der Waals surface area (Å²) in [7, 11) is 0. The molecule has 0 saturated heterocycles. The standard InChI is InChI=1S/C13H10ClNOS/c14-8-5-6-11(16)9(7-8)13-15-10-3-1-2-4-12(10)17-13/h1-7,13,15-16H. The van der Waals surface area contributed by atoms with Gasteiger partial charge in [-0.05, 0) is 30.3 Å². The van der Waals surface area contributed by atoms with Crippen molar-refractivity contribution in [3.8, 4) is 5.75 Å². The van der Waals surface area contributed by atoms with Gasteiger partial charge in [0, 0.05) is 21.2 Å². The Morgan fingerprint density at radius 2 is 2.00 bits per heavy atom. The van der Waals surface area contributed by atoms with Gasteiger partial charge in [-0.3, -0.25) is 0 Å². The third-order valence-electron chi connectivity index (χ3n) is 2.69. The van der Waals surface area contributed by atoms with Gasteiger partial charge in [0.25, 0.3) is 0 Å². The second kappa shape index (κ2) is 4.17. The van der Waals surface area contributed by atoms with Crippen molar-refractivity contribution in [2.45, 2.75) is 10.3 Å². The Morgan fingerprint density at radius 1 is 1.18 bits per heavy atom. The number of phenols is 1. The van der Waals surface area contributed by atoms with E-state index in [4.69, 9.17) is 11.6 Å². The SMILES string of the molecule is Oc1ccc(Cl)cc1C1Nc2ccccc2S1. The molecule has 0 aromatic heterocycles. The fourth-order valence-corrected chi connectivity index (χ4v) is 3.21. The van der Waals surface area contributed by atoms with E-state index in [1.807, 2.05) is 18.2 Å². The highest BCUT2D eigenvalue weighted by Crippen LogP contribution is 2.48. The molecule has 0 aliphatic carbocycles. The van der Waals surface area contributed by atoms with E-state index in [1.165, 1.54) is 4.90 Å². The zero-order valence-corrected chi connectivity index (χ0v) is 10.4. The number of phenolic OH excluding ortho intramolecular Hbond substituents is 1. The van der Waals surface area contributed by atoms with E-state index < -0.39 is 0 Å². The quantitative estimate of drug-likeness (QED) is 0.806. The second-order valence-electron chi connectivity index (χ2n) is 3.84. The van der Waals surface area contributed by atoms with Crippen LogP contribution in [0.15, 0.2) is 47.4 Å². The highest BCUT2D eigenvalue weighted by atomic mass is 35.5. The summed E-state index contributed by atoms with van der Waals surface area (Å²) in [5.74, 6) is 0.271. The monoisotopic (exact) mass is 263 g/mol.